The lowest BCUT2D eigenvalue weighted by molar-refractivity contribution is -0.117. The number of rotatable bonds is 6. The van der Waals surface area contributed by atoms with Gasteiger partial charge in [0.1, 0.15) is 23.2 Å². The summed E-state index contributed by atoms with van der Waals surface area (Å²) in [7, 11) is 1.33. The molecule has 0 saturated carbocycles. The molecule has 1 amide bonds. The fourth-order valence-electron chi connectivity index (χ4n) is 2.97. The predicted octanol–water partition coefficient (Wildman–Crippen LogP) is 4.27. The Kier molecular flexibility index (Phi) is 6.46. The van der Waals surface area contributed by atoms with Crippen LogP contribution in [0.25, 0.3) is 17.4 Å². The van der Waals surface area contributed by atoms with Crippen LogP contribution in [0.5, 0.6) is 0 Å². The van der Waals surface area contributed by atoms with Gasteiger partial charge in [0.15, 0.2) is 0 Å². The van der Waals surface area contributed by atoms with E-state index in [1.807, 2.05) is 42.5 Å². The molecule has 150 valence electrons. The number of nitrogens with one attached hydrogen (secondary N) is 1. The molecule has 0 saturated heterocycles. The fraction of sp³-hybridized carbons (Fsp3) is 0.125. The Morgan fingerprint density at radius 2 is 1.87 bits per heavy atom. The minimum Gasteiger partial charge on any atom is -0.465 e. The van der Waals surface area contributed by atoms with Gasteiger partial charge < -0.3 is 14.5 Å². The topological polar surface area (TPSA) is 92.3 Å². The number of carbonyl (C=O) groups excluding carboxylic acids is 2. The molecule has 0 bridgehead atoms. The van der Waals surface area contributed by atoms with Crippen LogP contribution in [0.2, 0.25) is 0 Å². The number of benzene rings is 2. The Hall–Kier alpha value is -4.11. The van der Waals surface area contributed by atoms with Crippen LogP contribution < -0.4 is 5.32 Å². The van der Waals surface area contributed by atoms with Gasteiger partial charge >= 0.3 is 5.97 Å². The highest BCUT2D eigenvalue weighted by atomic mass is 16.5. The summed E-state index contributed by atoms with van der Waals surface area (Å²) < 4.78 is 10.6. The molecule has 0 atom stereocenters. The first-order valence-corrected chi connectivity index (χ1v) is 9.25. The lowest BCUT2D eigenvalue weighted by Gasteiger charge is -2.07. The standard InChI is InChI=1S/C24H20N2O4/c1-16-20(9-6-10-21(16)24(28)29-2)22-12-11-19(30-22)13-18(14-25)23(27)26-15-17-7-4-3-5-8-17/h3-13H,15H2,1-2H3,(H,26,27)/b18-13-. The fourth-order valence-corrected chi connectivity index (χ4v) is 2.97. The van der Waals surface area contributed by atoms with Gasteiger partial charge in [0, 0.05) is 18.2 Å². The van der Waals surface area contributed by atoms with E-state index in [0.29, 0.717) is 23.6 Å². The van der Waals surface area contributed by atoms with Crippen LogP contribution in [0, 0.1) is 18.3 Å². The zero-order valence-electron chi connectivity index (χ0n) is 16.6. The highest BCUT2D eigenvalue weighted by Gasteiger charge is 2.15. The van der Waals surface area contributed by atoms with E-state index in [-0.39, 0.29) is 5.57 Å². The van der Waals surface area contributed by atoms with E-state index in [9.17, 15) is 14.9 Å². The largest absolute Gasteiger partial charge is 0.465 e. The molecule has 3 rings (SSSR count). The Balaban J connectivity index is 1.79. The molecule has 0 spiro atoms. The van der Waals surface area contributed by atoms with Crippen molar-refractivity contribution in [2.45, 2.75) is 13.5 Å². The van der Waals surface area contributed by atoms with Crippen molar-refractivity contribution in [2.24, 2.45) is 0 Å². The summed E-state index contributed by atoms with van der Waals surface area (Å²) in [4.78, 5) is 24.2. The van der Waals surface area contributed by atoms with E-state index in [4.69, 9.17) is 9.15 Å². The monoisotopic (exact) mass is 400 g/mol. The van der Waals surface area contributed by atoms with E-state index in [1.165, 1.54) is 13.2 Å². The van der Waals surface area contributed by atoms with Crippen molar-refractivity contribution in [3.8, 4) is 17.4 Å². The number of hydrogen-bond acceptors (Lipinski definition) is 5. The number of esters is 1. The maximum absolute atomic E-state index is 12.3. The number of carbonyl (C=O) groups is 2. The molecule has 30 heavy (non-hydrogen) atoms. The normalized spacial score (nSPS) is 10.9. The van der Waals surface area contributed by atoms with Gasteiger partial charge in [0.05, 0.1) is 12.7 Å². The van der Waals surface area contributed by atoms with Gasteiger partial charge in [-0.2, -0.15) is 5.26 Å². The van der Waals surface area contributed by atoms with E-state index >= 15 is 0 Å². The number of ether oxygens (including phenoxy) is 1. The van der Waals surface area contributed by atoms with E-state index < -0.39 is 11.9 Å². The molecule has 3 aromatic rings. The molecular weight excluding hydrogens is 380 g/mol. The molecule has 0 aliphatic carbocycles. The number of methoxy groups -OCH3 is 1. The summed E-state index contributed by atoms with van der Waals surface area (Å²) in [5.41, 5.74) is 2.76. The minimum absolute atomic E-state index is 0.0631. The Morgan fingerprint density at radius 3 is 2.57 bits per heavy atom. The second-order valence-electron chi connectivity index (χ2n) is 6.51. The third-order valence-electron chi connectivity index (χ3n) is 4.58. The molecule has 1 aromatic heterocycles. The van der Waals surface area contributed by atoms with Crippen LogP contribution in [0.15, 0.2) is 70.7 Å². The highest BCUT2D eigenvalue weighted by Crippen LogP contribution is 2.28. The van der Waals surface area contributed by atoms with Crippen molar-refractivity contribution in [2.75, 3.05) is 7.11 Å². The Labute approximate surface area is 174 Å². The molecule has 0 unspecified atom stereocenters. The van der Waals surface area contributed by atoms with E-state index in [2.05, 4.69) is 5.32 Å². The first-order valence-electron chi connectivity index (χ1n) is 9.25. The lowest BCUT2D eigenvalue weighted by Crippen LogP contribution is -2.23. The second-order valence-corrected chi connectivity index (χ2v) is 6.51. The number of nitriles is 1. The van der Waals surface area contributed by atoms with Gasteiger partial charge in [-0.15, -0.1) is 0 Å². The number of amides is 1. The zero-order chi connectivity index (χ0) is 21.5. The number of furan rings is 1. The van der Waals surface area contributed by atoms with Crippen molar-refractivity contribution in [1.29, 1.82) is 5.26 Å². The highest BCUT2D eigenvalue weighted by molar-refractivity contribution is 6.01. The third-order valence-corrected chi connectivity index (χ3v) is 4.58. The van der Waals surface area contributed by atoms with Crippen LogP contribution in [0.3, 0.4) is 0 Å². The number of nitrogens with zero attached hydrogens (tertiary/aromatic N) is 1. The molecular formula is C24H20N2O4. The summed E-state index contributed by atoms with van der Waals surface area (Å²) in [5.74, 6) is -0.0307. The molecule has 1 heterocycles. The molecule has 0 fully saturated rings. The van der Waals surface area contributed by atoms with Gasteiger partial charge in [-0.3, -0.25) is 4.79 Å². The van der Waals surface area contributed by atoms with E-state index in [1.54, 1.807) is 31.2 Å². The van der Waals surface area contributed by atoms with Crippen molar-refractivity contribution in [3.05, 3.63) is 88.7 Å². The first kappa shape index (κ1) is 20.6. The summed E-state index contributed by atoms with van der Waals surface area (Å²) in [6, 6.07) is 20.0. The maximum atomic E-state index is 12.3. The molecule has 1 N–H and O–H groups in total. The third kappa shape index (κ3) is 4.65. The van der Waals surface area contributed by atoms with Crippen LogP contribution in [0.4, 0.5) is 0 Å². The van der Waals surface area contributed by atoms with Crippen molar-refractivity contribution in [3.63, 3.8) is 0 Å². The zero-order valence-corrected chi connectivity index (χ0v) is 16.6. The average molecular weight is 400 g/mol. The van der Waals surface area contributed by atoms with Gasteiger partial charge in [-0.25, -0.2) is 4.79 Å². The second kappa shape index (κ2) is 9.39. The molecule has 0 radical (unpaired) electrons. The van der Waals surface area contributed by atoms with Crippen LogP contribution in [-0.4, -0.2) is 19.0 Å². The SMILES string of the molecule is COC(=O)c1cccc(-c2ccc(/C=C(/C#N)C(=O)NCc3ccccc3)o2)c1C. The van der Waals surface area contributed by atoms with Crippen LogP contribution in [-0.2, 0) is 16.1 Å². The van der Waals surface area contributed by atoms with Crippen molar-refractivity contribution in [1.82, 2.24) is 5.32 Å². The van der Waals surface area contributed by atoms with Gasteiger partial charge in [-0.05, 0) is 36.2 Å². The molecule has 0 aliphatic rings. The van der Waals surface area contributed by atoms with E-state index in [0.717, 1.165) is 16.7 Å². The van der Waals surface area contributed by atoms with Crippen molar-refractivity contribution < 1.29 is 18.7 Å². The van der Waals surface area contributed by atoms with Crippen molar-refractivity contribution >= 4 is 18.0 Å². The summed E-state index contributed by atoms with van der Waals surface area (Å²) >= 11 is 0. The minimum atomic E-state index is -0.483. The Morgan fingerprint density at radius 1 is 1.10 bits per heavy atom. The number of hydrogen-bond donors (Lipinski definition) is 1. The quantitative estimate of drug-likeness (QED) is 0.379. The van der Waals surface area contributed by atoms with Gasteiger partial charge in [-0.1, -0.05) is 42.5 Å². The lowest BCUT2D eigenvalue weighted by atomic mass is 10.0. The smallest absolute Gasteiger partial charge is 0.338 e. The van der Waals surface area contributed by atoms with Gasteiger partial charge in [0.25, 0.3) is 5.91 Å². The first-order chi connectivity index (χ1) is 14.5. The molecule has 0 aliphatic heterocycles. The summed E-state index contributed by atoms with van der Waals surface area (Å²) in [6.07, 6.45) is 1.39. The molecule has 2 aromatic carbocycles. The predicted molar refractivity (Wildman–Crippen MR) is 112 cm³/mol. The maximum Gasteiger partial charge on any atom is 0.338 e. The summed E-state index contributed by atoms with van der Waals surface area (Å²) in [5, 5.41) is 12.1. The van der Waals surface area contributed by atoms with Crippen LogP contribution >= 0.6 is 0 Å². The summed E-state index contributed by atoms with van der Waals surface area (Å²) in [6.45, 7) is 2.12. The van der Waals surface area contributed by atoms with Gasteiger partial charge in [0.2, 0.25) is 0 Å². The average Bonchev–Trinajstić information content (AvgIpc) is 3.24. The Bertz CT molecular complexity index is 1140. The molecule has 6 nitrogen and oxygen atoms in total. The van der Waals surface area contributed by atoms with Crippen LogP contribution in [0.1, 0.15) is 27.2 Å². The molecule has 6 heteroatoms.